The van der Waals surface area contributed by atoms with E-state index in [1.54, 1.807) is 0 Å². The van der Waals surface area contributed by atoms with Crippen molar-refractivity contribution < 1.29 is 9.53 Å². The zero-order valence-electron chi connectivity index (χ0n) is 11.4. The molecular formula is C15H22N2O2. The Morgan fingerprint density at radius 2 is 1.89 bits per heavy atom. The van der Waals surface area contributed by atoms with Gasteiger partial charge in [0.1, 0.15) is 6.61 Å². The number of rotatable bonds is 4. The molecule has 1 saturated carbocycles. The number of hydrogen-bond donors (Lipinski definition) is 2. The molecule has 19 heavy (non-hydrogen) atoms. The zero-order chi connectivity index (χ0) is 13.5. The molecule has 0 bridgehead atoms. The molecule has 0 radical (unpaired) electrons. The third kappa shape index (κ3) is 4.24. The van der Waals surface area contributed by atoms with E-state index in [0.29, 0.717) is 12.6 Å². The average molecular weight is 262 g/mol. The fraction of sp³-hybridized carbons (Fsp3) is 0.533. The Kier molecular flexibility index (Phi) is 5.21. The van der Waals surface area contributed by atoms with Crippen LogP contribution in [0.5, 0.6) is 0 Å². The number of alkyl carbamates (subject to hydrolysis) is 1. The first-order valence-corrected chi connectivity index (χ1v) is 6.94. The summed E-state index contributed by atoms with van der Waals surface area (Å²) in [6, 6.07) is 10.3. The Bertz CT molecular complexity index is 394. The predicted octanol–water partition coefficient (Wildman–Crippen LogP) is 2.44. The maximum absolute atomic E-state index is 11.8. The highest BCUT2D eigenvalue weighted by Gasteiger charge is 2.25. The SMILES string of the molecule is CN[C@@H]1CCCC[C@@H]1NC(=O)OCc1ccccc1. The normalized spacial score (nSPS) is 22.8. The minimum Gasteiger partial charge on any atom is -0.445 e. The number of hydrogen-bond acceptors (Lipinski definition) is 3. The van der Waals surface area contributed by atoms with Gasteiger partial charge in [-0.2, -0.15) is 0 Å². The van der Waals surface area contributed by atoms with Crippen molar-refractivity contribution >= 4 is 6.09 Å². The van der Waals surface area contributed by atoms with E-state index in [0.717, 1.165) is 18.4 Å². The van der Waals surface area contributed by atoms with Crippen molar-refractivity contribution in [1.82, 2.24) is 10.6 Å². The summed E-state index contributed by atoms with van der Waals surface area (Å²) in [6.07, 6.45) is 4.20. The van der Waals surface area contributed by atoms with Crippen LogP contribution < -0.4 is 10.6 Å². The van der Waals surface area contributed by atoms with E-state index >= 15 is 0 Å². The minimum atomic E-state index is -0.323. The highest BCUT2D eigenvalue weighted by molar-refractivity contribution is 5.67. The molecule has 0 spiro atoms. The Labute approximate surface area is 114 Å². The van der Waals surface area contributed by atoms with Crippen LogP contribution in [0.1, 0.15) is 31.2 Å². The summed E-state index contributed by atoms with van der Waals surface area (Å²) >= 11 is 0. The van der Waals surface area contributed by atoms with Gasteiger partial charge in [-0.1, -0.05) is 43.2 Å². The fourth-order valence-corrected chi connectivity index (χ4v) is 2.57. The van der Waals surface area contributed by atoms with E-state index in [2.05, 4.69) is 10.6 Å². The second-order valence-electron chi connectivity index (χ2n) is 4.99. The Morgan fingerprint density at radius 3 is 2.58 bits per heavy atom. The number of ether oxygens (including phenoxy) is 1. The topological polar surface area (TPSA) is 50.4 Å². The number of carbonyl (C=O) groups excluding carboxylic acids is 1. The van der Waals surface area contributed by atoms with E-state index in [9.17, 15) is 4.79 Å². The molecule has 1 aliphatic rings. The second-order valence-corrected chi connectivity index (χ2v) is 4.99. The molecule has 0 heterocycles. The van der Waals surface area contributed by atoms with E-state index in [1.165, 1.54) is 12.8 Å². The lowest BCUT2D eigenvalue weighted by Crippen LogP contribution is -2.50. The third-order valence-corrected chi connectivity index (χ3v) is 3.65. The van der Waals surface area contributed by atoms with Crippen LogP contribution >= 0.6 is 0 Å². The first-order valence-electron chi connectivity index (χ1n) is 6.94. The molecule has 0 aromatic heterocycles. The maximum atomic E-state index is 11.8. The lowest BCUT2D eigenvalue weighted by Gasteiger charge is -2.31. The van der Waals surface area contributed by atoms with Crippen molar-refractivity contribution in [2.45, 2.75) is 44.4 Å². The molecule has 4 nitrogen and oxygen atoms in total. The van der Waals surface area contributed by atoms with Crippen molar-refractivity contribution in [3.8, 4) is 0 Å². The van der Waals surface area contributed by atoms with Crippen LogP contribution in [0.2, 0.25) is 0 Å². The van der Waals surface area contributed by atoms with Gasteiger partial charge in [0, 0.05) is 12.1 Å². The molecule has 0 saturated heterocycles. The number of nitrogens with one attached hydrogen (secondary N) is 2. The lowest BCUT2D eigenvalue weighted by atomic mass is 9.90. The molecular weight excluding hydrogens is 240 g/mol. The molecule has 1 aliphatic carbocycles. The Balaban J connectivity index is 1.77. The standard InChI is InChI=1S/C15H22N2O2/c1-16-13-9-5-6-10-14(13)17-15(18)19-11-12-7-3-2-4-8-12/h2-4,7-8,13-14,16H,5-6,9-11H2,1H3,(H,17,18)/t13-,14+/m1/s1. The summed E-state index contributed by atoms with van der Waals surface area (Å²) < 4.78 is 5.25. The highest BCUT2D eigenvalue weighted by atomic mass is 16.5. The molecule has 1 fully saturated rings. The highest BCUT2D eigenvalue weighted by Crippen LogP contribution is 2.18. The van der Waals surface area contributed by atoms with Gasteiger partial charge in [-0.3, -0.25) is 0 Å². The molecule has 2 N–H and O–H groups in total. The summed E-state index contributed by atoms with van der Waals surface area (Å²) in [6.45, 7) is 0.323. The summed E-state index contributed by atoms with van der Waals surface area (Å²) in [5.41, 5.74) is 1.01. The average Bonchev–Trinajstić information content (AvgIpc) is 2.47. The number of carbonyl (C=O) groups is 1. The monoisotopic (exact) mass is 262 g/mol. The quantitative estimate of drug-likeness (QED) is 0.876. The van der Waals surface area contributed by atoms with Gasteiger partial charge in [-0.15, -0.1) is 0 Å². The largest absolute Gasteiger partial charge is 0.445 e. The van der Waals surface area contributed by atoms with Crippen LogP contribution in [-0.4, -0.2) is 25.2 Å². The fourth-order valence-electron chi connectivity index (χ4n) is 2.57. The van der Waals surface area contributed by atoms with Crippen LogP contribution in [-0.2, 0) is 11.3 Å². The van der Waals surface area contributed by atoms with Crippen molar-refractivity contribution in [2.24, 2.45) is 0 Å². The van der Waals surface area contributed by atoms with Crippen LogP contribution in [0.25, 0.3) is 0 Å². The zero-order valence-corrected chi connectivity index (χ0v) is 11.4. The first-order chi connectivity index (χ1) is 9.29. The van der Waals surface area contributed by atoms with Gasteiger partial charge in [0.25, 0.3) is 0 Å². The number of amides is 1. The third-order valence-electron chi connectivity index (χ3n) is 3.65. The van der Waals surface area contributed by atoms with Crippen molar-refractivity contribution in [1.29, 1.82) is 0 Å². The predicted molar refractivity (Wildman–Crippen MR) is 74.9 cm³/mol. The summed E-state index contributed by atoms with van der Waals surface area (Å²) in [4.78, 5) is 11.8. The van der Waals surface area contributed by atoms with Gasteiger partial charge in [-0.05, 0) is 25.5 Å². The molecule has 0 aliphatic heterocycles. The van der Waals surface area contributed by atoms with Crippen LogP contribution in [0, 0.1) is 0 Å². The molecule has 2 rings (SSSR count). The molecule has 104 valence electrons. The van der Waals surface area contributed by atoms with Crippen molar-refractivity contribution in [2.75, 3.05) is 7.05 Å². The van der Waals surface area contributed by atoms with Crippen molar-refractivity contribution in [3.05, 3.63) is 35.9 Å². The van der Waals surface area contributed by atoms with E-state index in [4.69, 9.17) is 4.74 Å². The molecule has 1 amide bonds. The van der Waals surface area contributed by atoms with Gasteiger partial charge in [0.05, 0.1) is 0 Å². The van der Waals surface area contributed by atoms with E-state index < -0.39 is 0 Å². The van der Waals surface area contributed by atoms with Gasteiger partial charge < -0.3 is 15.4 Å². The van der Waals surface area contributed by atoms with Gasteiger partial charge in [0.2, 0.25) is 0 Å². The minimum absolute atomic E-state index is 0.182. The smallest absolute Gasteiger partial charge is 0.407 e. The van der Waals surface area contributed by atoms with Gasteiger partial charge in [-0.25, -0.2) is 4.79 Å². The van der Waals surface area contributed by atoms with Crippen molar-refractivity contribution in [3.63, 3.8) is 0 Å². The maximum Gasteiger partial charge on any atom is 0.407 e. The summed E-state index contributed by atoms with van der Waals surface area (Å²) in [5.74, 6) is 0. The number of benzene rings is 1. The Morgan fingerprint density at radius 1 is 1.21 bits per heavy atom. The Hall–Kier alpha value is -1.55. The van der Waals surface area contributed by atoms with Crippen LogP contribution in [0.15, 0.2) is 30.3 Å². The number of likely N-dealkylation sites (N-methyl/N-ethyl adjacent to an activating group) is 1. The molecule has 4 heteroatoms. The van der Waals surface area contributed by atoms with Crippen LogP contribution in [0.3, 0.4) is 0 Å². The first kappa shape index (κ1) is 13.9. The second kappa shape index (κ2) is 7.14. The van der Waals surface area contributed by atoms with Crippen LogP contribution in [0.4, 0.5) is 4.79 Å². The van der Waals surface area contributed by atoms with Gasteiger partial charge >= 0.3 is 6.09 Å². The molecule has 2 atom stereocenters. The summed E-state index contributed by atoms with van der Waals surface area (Å²) in [5, 5.41) is 6.23. The molecule has 0 unspecified atom stereocenters. The van der Waals surface area contributed by atoms with Gasteiger partial charge in [0.15, 0.2) is 0 Å². The molecule has 1 aromatic carbocycles. The van der Waals surface area contributed by atoms with E-state index in [1.807, 2.05) is 37.4 Å². The molecule has 1 aromatic rings. The van der Waals surface area contributed by atoms with E-state index in [-0.39, 0.29) is 12.1 Å². The lowest BCUT2D eigenvalue weighted by molar-refractivity contribution is 0.130. The summed E-state index contributed by atoms with van der Waals surface area (Å²) in [7, 11) is 1.94.